The smallest absolute Gasteiger partial charge is 0.131 e. The zero-order valence-electron chi connectivity index (χ0n) is 13.6. The van der Waals surface area contributed by atoms with E-state index in [2.05, 4.69) is 22.8 Å². The second-order valence-corrected chi connectivity index (χ2v) is 6.50. The molecule has 0 spiro atoms. The third kappa shape index (κ3) is 3.16. The summed E-state index contributed by atoms with van der Waals surface area (Å²) >= 11 is 6.14. The Morgan fingerprint density at radius 2 is 1.68 bits per heavy atom. The fourth-order valence-electron chi connectivity index (χ4n) is 3.11. The van der Waals surface area contributed by atoms with Crippen LogP contribution in [0.3, 0.4) is 0 Å². The Bertz CT molecular complexity index is 1010. The Morgan fingerprint density at radius 3 is 2.48 bits per heavy atom. The van der Waals surface area contributed by atoms with Gasteiger partial charge in [-0.25, -0.2) is 4.98 Å². The van der Waals surface area contributed by atoms with Gasteiger partial charge in [-0.15, -0.1) is 0 Å². The van der Waals surface area contributed by atoms with E-state index in [0.717, 1.165) is 29.0 Å². The maximum atomic E-state index is 6.56. The number of hydrogen-bond acceptors (Lipinski definition) is 2. The van der Waals surface area contributed by atoms with Gasteiger partial charge in [-0.05, 0) is 35.4 Å². The molecule has 1 unspecified atom stereocenters. The molecule has 124 valence electrons. The second-order valence-electron chi connectivity index (χ2n) is 6.06. The van der Waals surface area contributed by atoms with Crippen LogP contribution in [0.25, 0.3) is 11.0 Å². The topological polar surface area (TPSA) is 43.8 Å². The van der Waals surface area contributed by atoms with Crippen LogP contribution in [-0.4, -0.2) is 9.55 Å². The van der Waals surface area contributed by atoms with Gasteiger partial charge in [0.05, 0.1) is 17.1 Å². The minimum Gasteiger partial charge on any atom is -0.322 e. The standard InChI is InChI=1S/C21H18ClN3/c22-17-10-6-9-16(13-17)20(23)21-24-18-11-4-5-12-19(18)25(21)14-15-7-2-1-3-8-15/h1-13,20H,14,23H2. The molecule has 0 bridgehead atoms. The molecule has 0 saturated carbocycles. The van der Waals surface area contributed by atoms with E-state index < -0.39 is 0 Å². The molecule has 1 heterocycles. The first-order valence-corrected chi connectivity index (χ1v) is 8.60. The zero-order chi connectivity index (χ0) is 17.2. The summed E-state index contributed by atoms with van der Waals surface area (Å²) in [5.41, 5.74) is 10.8. The van der Waals surface area contributed by atoms with Crippen LogP contribution in [0, 0.1) is 0 Å². The molecule has 0 amide bonds. The molecule has 1 atom stereocenters. The summed E-state index contributed by atoms with van der Waals surface area (Å²) in [5, 5.41) is 0.679. The summed E-state index contributed by atoms with van der Waals surface area (Å²) < 4.78 is 2.19. The van der Waals surface area contributed by atoms with E-state index in [1.54, 1.807) is 0 Å². The maximum Gasteiger partial charge on any atom is 0.131 e. The number of hydrogen-bond donors (Lipinski definition) is 1. The maximum absolute atomic E-state index is 6.56. The van der Waals surface area contributed by atoms with Crippen LogP contribution in [0.15, 0.2) is 78.9 Å². The van der Waals surface area contributed by atoms with Gasteiger partial charge in [0, 0.05) is 11.6 Å². The SMILES string of the molecule is NC(c1cccc(Cl)c1)c1nc2ccccc2n1Cc1ccccc1. The molecule has 0 aliphatic carbocycles. The lowest BCUT2D eigenvalue weighted by atomic mass is 10.1. The highest BCUT2D eigenvalue weighted by atomic mass is 35.5. The summed E-state index contributed by atoms with van der Waals surface area (Å²) in [4.78, 5) is 4.81. The van der Waals surface area contributed by atoms with Gasteiger partial charge in [-0.1, -0.05) is 66.2 Å². The van der Waals surface area contributed by atoms with Crippen LogP contribution in [0.4, 0.5) is 0 Å². The van der Waals surface area contributed by atoms with Crippen molar-refractivity contribution >= 4 is 22.6 Å². The van der Waals surface area contributed by atoms with Crippen molar-refractivity contribution in [3.63, 3.8) is 0 Å². The molecular formula is C21H18ClN3. The van der Waals surface area contributed by atoms with E-state index in [1.165, 1.54) is 5.56 Å². The van der Waals surface area contributed by atoms with Crippen molar-refractivity contribution in [2.45, 2.75) is 12.6 Å². The Hall–Kier alpha value is -2.62. The van der Waals surface area contributed by atoms with E-state index >= 15 is 0 Å². The van der Waals surface area contributed by atoms with E-state index in [4.69, 9.17) is 22.3 Å². The summed E-state index contributed by atoms with van der Waals surface area (Å²) in [6, 6.07) is 25.8. The molecule has 2 N–H and O–H groups in total. The van der Waals surface area contributed by atoms with Crippen LogP contribution < -0.4 is 5.73 Å². The van der Waals surface area contributed by atoms with Crippen molar-refractivity contribution < 1.29 is 0 Å². The van der Waals surface area contributed by atoms with Crippen LogP contribution >= 0.6 is 11.6 Å². The average molecular weight is 348 g/mol. The second kappa shape index (κ2) is 6.71. The molecule has 4 aromatic rings. The molecule has 4 heteroatoms. The first-order chi connectivity index (χ1) is 12.2. The van der Waals surface area contributed by atoms with Gasteiger partial charge in [0.25, 0.3) is 0 Å². The molecule has 1 aromatic heterocycles. The number of imidazole rings is 1. The molecular weight excluding hydrogens is 330 g/mol. The van der Waals surface area contributed by atoms with Crippen molar-refractivity contribution in [1.29, 1.82) is 0 Å². The van der Waals surface area contributed by atoms with Gasteiger partial charge >= 0.3 is 0 Å². The molecule has 4 rings (SSSR count). The molecule has 0 aliphatic rings. The number of para-hydroxylation sites is 2. The van der Waals surface area contributed by atoms with Gasteiger partial charge < -0.3 is 10.3 Å². The minimum atomic E-state index is -0.338. The van der Waals surface area contributed by atoms with Crippen LogP contribution in [0.1, 0.15) is 23.0 Å². The van der Waals surface area contributed by atoms with Gasteiger partial charge in [0.2, 0.25) is 0 Å². The molecule has 0 aliphatic heterocycles. The highest BCUT2D eigenvalue weighted by Crippen LogP contribution is 2.26. The van der Waals surface area contributed by atoms with Crippen molar-refractivity contribution in [2.75, 3.05) is 0 Å². The van der Waals surface area contributed by atoms with Crippen molar-refractivity contribution in [2.24, 2.45) is 5.73 Å². The highest BCUT2D eigenvalue weighted by Gasteiger charge is 2.19. The number of rotatable bonds is 4. The first-order valence-electron chi connectivity index (χ1n) is 8.22. The summed E-state index contributed by atoms with van der Waals surface area (Å²) in [5.74, 6) is 0.840. The first kappa shape index (κ1) is 15.9. The van der Waals surface area contributed by atoms with Crippen molar-refractivity contribution in [3.05, 3.63) is 101 Å². The Kier molecular flexibility index (Phi) is 4.26. The number of benzene rings is 3. The number of halogens is 1. The Labute approximate surface area is 151 Å². The van der Waals surface area contributed by atoms with Crippen LogP contribution in [0.2, 0.25) is 5.02 Å². The molecule has 0 radical (unpaired) electrons. The number of nitrogens with zero attached hydrogens (tertiary/aromatic N) is 2. The number of nitrogens with two attached hydrogens (primary N) is 1. The van der Waals surface area contributed by atoms with E-state index in [-0.39, 0.29) is 6.04 Å². The lowest BCUT2D eigenvalue weighted by Crippen LogP contribution is -2.18. The van der Waals surface area contributed by atoms with Gasteiger partial charge in [-0.2, -0.15) is 0 Å². The largest absolute Gasteiger partial charge is 0.322 e. The third-order valence-electron chi connectivity index (χ3n) is 4.35. The summed E-state index contributed by atoms with van der Waals surface area (Å²) in [6.07, 6.45) is 0. The minimum absolute atomic E-state index is 0.338. The Balaban J connectivity index is 1.84. The summed E-state index contributed by atoms with van der Waals surface area (Å²) in [6.45, 7) is 0.727. The van der Waals surface area contributed by atoms with E-state index in [1.807, 2.05) is 60.7 Å². The predicted molar refractivity (Wildman–Crippen MR) is 103 cm³/mol. The van der Waals surface area contributed by atoms with E-state index in [9.17, 15) is 0 Å². The van der Waals surface area contributed by atoms with Crippen LogP contribution in [0.5, 0.6) is 0 Å². The van der Waals surface area contributed by atoms with Gasteiger partial charge in [0.15, 0.2) is 0 Å². The lowest BCUT2D eigenvalue weighted by molar-refractivity contribution is 0.688. The van der Waals surface area contributed by atoms with Gasteiger partial charge in [0.1, 0.15) is 5.82 Å². The molecule has 0 saturated heterocycles. The molecule has 25 heavy (non-hydrogen) atoms. The normalized spacial score (nSPS) is 12.4. The zero-order valence-corrected chi connectivity index (χ0v) is 14.4. The van der Waals surface area contributed by atoms with Crippen LogP contribution in [-0.2, 0) is 6.54 Å². The lowest BCUT2D eigenvalue weighted by Gasteiger charge is -2.15. The van der Waals surface area contributed by atoms with Crippen molar-refractivity contribution in [3.8, 4) is 0 Å². The fraction of sp³-hybridized carbons (Fsp3) is 0.0952. The Morgan fingerprint density at radius 1 is 0.920 bits per heavy atom. The van der Waals surface area contributed by atoms with Crippen molar-refractivity contribution in [1.82, 2.24) is 9.55 Å². The summed E-state index contributed by atoms with van der Waals surface area (Å²) in [7, 11) is 0. The highest BCUT2D eigenvalue weighted by molar-refractivity contribution is 6.30. The monoisotopic (exact) mass is 347 g/mol. The average Bonchev–Trinajstić information content (AvgIpc) is 3.01. The molecule has 3 aromatic carbocycles. The predicted octanol–water partition coefficient (Wildman–Crippen LogP) is 4.79. The van der Waals surface area contributed by atoms with Gasteiger partial charge in [-0.3, -0.25) is 0 Å². The quantitative estimate of drug-likeness (QED) is 0.577. The number of aromatic nitrogens is 2. The fourth-order valence-corrected chi connectivity index (χ4v) is 3.31. The third-order valence-corrected chi connectivity index (χ3v) is 4.59. The van der Waals surface area contributed by atoms with E-state index in [0.29, 0.717) is 5.02 Å². The number of fused-ring (bicyclic) bond motifs is 1. The molecule has 3 nitrogen and oxygen atoms in total. The molecule has 0 fully saturated rings.